The summed E-state index contributed by atoms with van der Waals surface area (Å²) in [6.45, 7) is 0.567. The minimum Gasteiger partial charge on any atom is -0.496 e. The third kappa shape index (κ3) is 5.77. The van der Waals surface area contributed by atoms with Gasteiger partial charge in [-0.25, -0.2) is 4.39 Å². The highest BCUT2D eigenvalue weighted by molar-refractivity contribution is 5.94. The predicted octanol–water partition coefficient (Wildman–Crippen LogP) is 6.01. The number of amides is 1. The highest BCUT2D eigenvalue weighted by atomic mass is 19.1. The number of carbonyl (C=O) groups is 1. The first kappa shape index (κ1) is 22.1. The summed E-state index contributed by atoms with van der Waals surface area (Å²) in [4.78, 5) is 12.6. The maximum Gasteiger partial charge on any atom is 0.251 e. The number of ether oxygens (including phenoxy) is 2. The zero-order valence-corrected chi connectivity index (χ0v) is 18.3. The minimum atomic E-state index is -0.306. The second-order valence-corrected chi connectivity index (χ2v) is 7.51. The second kappa shape index (κ2) is 10.5. The molecule has 4 aromatic carbocycles. The summed E-state index contributed by atoms with van der Waals surface area (Å²) in [6.07, 6.45) is 0. The standard InChI is InChI=1S/C28H24FNO3/c1-32-27-16-11-23(28(31)30-18-20-7-12-25(29)13-8-20)17-24(27)19-33-26-14-9-22(10-15-26)21-5-3-2-4-6-21/h2-17H,18-19H2,1H3,(H,30,31). The lowest BCUT2D eigenvalue weighted by molar-refractivity contribution is 0.0950. The Hall–Kier alpha value is -4.12. The fraction of sp³-hybridized carbons (Fsp3) is 0.107. The largest absolute Gasteiger partial charge is 0.496 e. The van der Waals surface area contributed by atoms with Crippen LogP contribution in [0.5, 0.6) is 11.5 Å². The third-order valence-corrected chi connectivity index (χ3v) is 5.26. The van der Waals surface area contributed by atoms with Gasteiger partial charge < -0.3 is 14.8 Å². The van der Waals surface area contributed by atoms with Crippen LogP contribution in [0.2, 0.25) is 0 Å². The maximum absolute atomic E-state index is 13.0. The molecule has 33 heavy (non-hydrogen) atoms. The van der Waals surface area contributed by atoms with Gasteiger partial charge in [0.1, 0.15) is 23.9 Å². The Kier molecular flexibility index (Phi) is 7.00. The highest BCUT2D eigenvalue weighted by Gasteiger charge is 2.11. The molecule has 4 rings (SSSR count). The summed E-state index contributed by atoms with van der Waals surface area (Å²) in [5.41, 5.74) is 4.33. The van der Waals surface area contributed by atoms with Crippen LogP contribution in [0.15, 0.2) is 97.1 Å². The van der Waals surface area contributed by atoms with E-state index >= 15 is 0 Å². The van der Waals surface area contributed by atoms with E-state index in [0.717, 1.165) is 28.0 Å². The molecule has 0 saturated carbocycles. The van der Waals surface area contributed by atoms with Gasteiger partial charge in [0.25, 0.3) is 5.91 Å². The molecule has 0 aliphatic rings. The summed E-state index contributed by atoms with van der Waals surface area (Å²) < 4.78 is 24.4. The van der Waals surface area contributed by atoms with Crippen LogP contribution in [-0.2, 0) is 13.2 Å². The molecule has 0 atom stereocenters. The van der Waals surface area contributed by atoms with E-state index in [1.807, 2.05) is 42.5 Å². The van der Waals surface area contributed by atoms with Gasteiger partial charge in [-0.3, -0.25) is 4.79 Å². The smallest absolute Gasteiger partial charge is 0.251 e. The molecule has 0 fully saturated rings. The van der Waals surface area contributed by atoms with Gasteiger partial charge in [-0.05, 0) is 59.2 Å². The van der Waals surface area contributed by atoms with E-state index in [9.17, 15) is 9.18 Å². The van der Waals surface area contributed by atoms with E-state index in [1.54, 1.807) is 37.4 Å². The highest BCUT2D eigenvalue weighted by Crippen LogP contribution is 2.25. The van der Waals surface area contributed by atoms with Gasteiger partial charge in [0, 0.05) is 17.7 Å². The SMILES string of the molecule is COc1ccc(C(=O)NCc2ccc(F)cc2)cc1COc1ccc(-c2ccccc2)cc1. The lowest BCUT2D eigenvalue weighted by atomic mass is 10.1. The molecule has 0 aliphatic carbocycles. The quantitative estimate of drug-likeness (QED) is 0.364. The molecule has 1 amide bonds. The van der Waals surface area contributed by atoms with Crippen molar-refractivity contribution in [1.29, 1.82) is 0 Å². The number of halogens is 1. The lowest BCUT2D eigenvalue weighted by Gasteiger charge is -2.13. The van der Waals surface area contributed by atoms with Gasteiger partial charge >= 0.3 is 0 Å². The van der Waals surface area contributed by atoms with Crippen LogP contribution in [0, 0.1) is 5.82 Å². The first-order valence-corrected chi connectivity index (χ1v) is 10.6. The molecular formula is C28H24FNO3. The van der Waals surface area contributed by atoms with Crippen molar-refractivity contribution in [3.05, 3.63) is 120 Å². The monoisotopic (exact) mass is 441 g/mol. The number of nitrogens with one attached hydrogen (secondary N) is 1. The Balaban J connectivity index is 1.41. The number of methoxy groups -OCH3 is 1. The molecule has 5 heteroatoms. The molecule has 4 aromatic rings. The summed E-state index contributed by atoms with van der Waals surface area (Å²) in [5, 5.41) is 2.85. The fourth-order valence-electron chi connectivity index (χ4n) is 3.45. The number of hydrogen-bond donors (Lipinski definition) is 1. The maximum atomic E-state index is 13.0. The second-order valence-electron chi connectivity index (χ2n) is 7.51. The van der Waals surface area contributed by atoms with E-state index < -0.39 is 0 Å². The van der Waals surface area contributed by atoms with Gasteiger partial charge in [-0.1, -0.05) is 54.6 Å². The van der Waals surface area contributed by atoms with E-state index in [-0.39, 0.29) is 18.3 Å². The molecule has 0 unspecified atom stereocenters. The van der Waals surface area contributed by atoms with Crippen LogP contribution in [0.4, 0.5) is 4.39 Å². The van der Waals surface area contributed by atoms with E-state index in [4.69, 9.17) is 9.47 Å². The van der Waals surface area contributed by atoms with Crippen molar-refractivity contribution in [3.8, 4) is 22.6 Å². The van der Waals surface area contributed by atoms with Crippen LogP contribution >= 0.6 is 0 Å². The van der Waals surface area contributed by atoms with Gasteiger partial charge in [0.05, 0.1) is 7.11 Å². The van der Waals surface area contributed by atoms with Crippen LogP contribution in [-0.4, -0.2) is 13.0 Å². The van der Waals surface area contributed by atoms with Gasteiger partial charge in [-0.15, -0.1) is 0 Å². The molecule has 0 aliphatic heterocycles. The van der Waals surface area contributed by atoms with Crippen LogP contribution < -0.4 is 14.8 Å². The van der Waals surface area contributed by atoms with Crippen LogP contribution in [0.25, 0.3) is 11.1 Å². The Morgan fingerprint density at radius 2 is 1.55 bits per heavy atom. The Bertz CT molecular complexity index is 1210. The number of carbonyl (C=O) groups excluding carboxylic acids is 1. The third-order valence-electron chi connectivity index (χ3n) is 5.26. The summed E-state index contributed by atoms with van der Waals surface area (Å²) in [7, 11) is 1.59. The molecule has 0 radical (unpaired) electrons. The summed E-state index contributed by atoms with van der Waals surface area (Å²) in [5.74, 6) is 0.837. The van der Waals surface area contributed by atoms with E-state index in [1.165, 1.54) is 12.1 Å². The fourth-order valence-corrected chi connectivity index (χ4v) is 3.45. The average molecular weight is 442 g/mol. The van der Waals surface area contributed by atoms with Gasteiger partial charge in [-0.2, -0.15) is 0 Å². The average Bonchev–Trinajstić information content (AvgIpc) is 2.87. The van der Waals surface area contributed by atoms with Crippen molar-refractivity contribution in [1.82, 2.24) is 5.32 Å². The Morgan fingerprint density at radius 1 is 0.848 bits per heavy atom. The van der Waals surface area contributed by atoms with Crippen molar-refractivity contribution in [2.24, 2.45) is 0 Å². The minimum absolute atomic E-state index is 0.226. The summed E-state index contributed by atoms with van der Waals surface area (Å²) in [6, 6.07) is 29.3. The van der Waals surface area contributed by atoms with Crippen LogP contribution in [0.3, 0.4) is 0 Å². The Morgan fingerprint density at radius 3 is 2.24 bits per heavy atom. The van der Waals surface area contributed by atoms with E-state index in [0.29, 0.717) is 17.9 Å². The molecule has 0 saturated heterocycles. The number of benzene rings is 4. The number of rotatable bonds is 8. The topological polar surface area (TPSA) is 47.6 Å². The molecular weight excluding hydrogens is 417 g/mol. The molecule has 1 N–H and O–H groups in total. The lowest BCUT2D eigenvalue weighted by Crippen LogP contribution is -2.23. The first-order chi connectivity index (χ1) is 16.1. The first-order valence-electron chi connectivity index (χ1n) is 10.6. The van der Waals surface area contributed by atoms with Crippen molar-refractivity contribution in [2.45, 2.75) is 13.2 Å². The van der Waals surface area contributed by atoms with Crippen molar-refractivity contribution in [2.75, 3.05) is 7.11 Å². The summed E-state index contributed by atoms with van der Waals surface area (Å²) >= 11 is 0. The molecule has 4 nitrogen and oxygen atoms in total. The zero-order valence-electron chi connectivity index (χ0n) is 18.3. The zero-order chi connectivity index (χ0) is 23.0. The Labute approximate surface area is 192 Å². The van der Waals surface area contributed by atoms with Crippen molar-refractivity contribution < 1.29 is 18.7 Å². The van der Waals surface area contributed by atoms with Gasteiger partial charge in [0.2, 0.25) is 0 Å². The van der Waals surface area contributed by atoms with Crippen molar-refractivity contribution >= 4 is 5.91 Å². The molecule has 0 bridgehead atoms. The molecule has 0 heterocycles. The predicted molar refractivity (Wildman–Crippen MR) is 127 cm³/mol. The van der Waals surface area contributed by atoms with Gasteiger partial charge in [0.15, 0.2) is 0 Å². The van der Waals surface area contributed by atoms with E-state index in [2.05, 4.69) is 17.4 Å². The molecule has 0 spiro atoms. The molecule has 0 aromatic heterocycles. The van der Waals surface area contributed by atoms with Crippen LogP contribution in [0.1, 0.15) is 21.5 Å². The normalized spacial score (nSPS) is 10.5. The van der Waals surface area contributed by atoms with Crippen molar-refractivity contribution in [3.63, 3.8) is 0 Å². The molecule has 166 valence electrons. The number of hydrogen-bond acceptors (Lipinski definition) is 3.